The lowest BCUT2D eigenvalue weighted by atomic mass is 9.86. The Balaban J connectivity index is 2.30. The molecule has 0 amide bonds. The van der Waals surface area contributed by atoms with Crippen LogP contribution < -0.4 is 5.32 Å². The van der Waals surface area contributed by atoms with Gasteiger partial charge in [-0.3, -0.25) is 0 Å². The Labute approximate surface area is 114 Å². The Morgan fingerprint density at radius 1 is 1.44 bits per heavy atom. The van der Waals surface area contributed by atoms with Crippen molar-refractivity contribution in [2.75, 3.05) is 13.2 Å². The van der Waals surface area contributed by atoms with Gasteiger partial charge < -0.3 is 10.1 Å². The minimum absolute atomic E-state index is 0.0391. The molecule has 1 aromatic heterocycles. The van der Waals surface area contributed by atoms with Crippen molar-refractivity contribution in [3.63, 3.8) is 0 Å². The summed E-state index contributed by atoms with van der Waals surface area (Å²) in [4.78, 5) is 6.13. The van der Waals surface area contributed by atoms with E-state index in [2.05, 4.69) is 33.0 Å². The molecule has 0 aliphatic carbocycles. The first-order valence-corrected chi connectivity index (χ1v) is 7.74. The van der Waals surface area contributed by atoms with Crippen LogP contribution in [-0.4, -0.2) is 24.2 Å². The van der Waals surface area contributed by atoms with Gasteiger partial charge in [-0.25, -0.2) is 4.98 Å². The number of nitrogens with zero attached hydrogens (tertiary/aromatic N) is 1. The van der Waals surface area contributed by atoms with Gasteiger partial charge in [-0.05, 0) is 39.7 Å². The van der Waals surface area contributed by atoms with Gasteiger partial charge in [0.2, 0.25) is 0 Å². The number of rotatable bonds is 4. The number of hydrogen-bond acceptors (Lipinski definition) is 4. The van der Waals surface area contributed by atoms with E-state index in [1.54, 1.807) is 0 Å². The lowest BCUT2D eigenvalue weighted by Gasteiger charge is -2.40. The van der Waals surface area contributed by atoms with Gasteiger partial charge >= 0.3 is 0 Å². The second kappa shape index (κ2) is 5.68. The number of hydrogen-bond donors (Lipinski definition) is 1. The fourth-order valence-corrected chi connectivity index (χ4v) is 3.78. The molecule has 1 saturated heterocycles. The predicted octanol–water partition coefficient (Wildman–Crippen LogP) is 3.15. The molecule has 1 aliphatic rings. The van der Waals surface area contributed by atoms with Crippen molar-refractivity contribution in [1.82, 2.24) is 10.3 Å². The average molecular weight is 268 g/mol. The summed E-state index contributed by atoms with van der Waals surface area (Å²) in [5.41, 5.74) is 1.21. The molecule has 1 aromatic rings. The van der Waals surface area contributed by atoms with Gasteiger partial charge in [-0.15, -0.1) is 11.3 Å². The second-order valence-electron chi connectivity index (χ2n) is 5.13. The summed E-state index contributed by atoms with van der Waals surface area (Å²) >= 11 is 1.84. The molecule has 4 heteroatoms. The van der Waals surface area contributed by atoms with Gasteiger partial charge in [0.1, 0.15) is 5.01 Å². The summed E-state index contributed by atoms with van der Waals surface area (Å²) in [6.45, 7) is 10.5. The summed E-state index contributed by atoms with van der Waals surface area (Å²) in [6, 6.07) is 0. The molecule has 102 valence electrons. The quantitative estimate of drug-likeness (QED) is 0.911. The number of nitrogens with one attached hydrogen (secondary N) is 1. The first-order chi connectivity index (χ1) is 8.61. The molecule has 2 unspecified atom stereocenters. The van der Waals surface area contributed by atoms with Crippen LogP contribution in [0.3, 0.4) is 0 Å². The third-order valence-corrected chi connectivity index (χ3v) is 5.14. The molecule has 0 spiro atoms. The van der Waals surface area contributed by atoms with E-state index in [9.17, 15) is 0 Å². The fraction of sp³-hybridized carbons (Fsp3) is 0.786. The van der Waals surface area contributed by atoms with Gasteiger partial charge in [0, 0.05) is 11.5 Å². The molecule has 3 nitrogen and oxygen atoms in total. The van der Waals surface area contributed by atoms with E-state index < -0.39 is 0 Å². The third kappa shape index (κ3) is 2.60. The molecule has 1 fully saturated rings. The monoisotopic (exact) mass is 268 g/mol. The van der Waals surface area contributed by atoms with Crippen LogP contribution in [0.2, 0.25) is 0 Å². The zero-order valence-corrected chi connectivity index (χ0v) is 12.7. The maximum atomic E-state index is 5.82. The standard InChI is InChI=1S/C14H24N2OS/c1-5-12-9-14(15-6-2,7-8-17-12)13-16-10(3)11(4)18-13/h12,15H,5-9H2,1-4H3. The number of aromatic nitrogens is 1. The van der Waals surface area contributed by atoms with Crippen LogP contribution in [0.5, 0.6) is 0 Å². The van der Waals surface area contributed by atoms with Crippen molar-refractivity contribution in [2.24, 2.45) is 0 Å². The number of aryl methyl sites for hydroxylation is 2. The molecule has 0 bridgehead atoms. The van der Waals surface area contributed by atoms with Gasteiger partial charge in [0.15, 0.2) is 0 Å². The van der Waals surface area contributed by atoms with Crippen LogP contribution in [0.1, 0.15) is 48.7 Å². The molecule has 2 atom stereocenters. The van der Waals surface area contributed by atoms with E-state index in [4.69, 9.17) is 9.72 Å². The van der Waals surface area contributed by atoms with E-state index in [1.807, 2.05) is 11.3 Å². The van der Waals surface area contributed by atoms with E-state index in [1.165, 1.54) is 15.6 Å². The van der Waals surface area contributed by atoms with Gasteiger partial charge in [0.05, 0.1) is 17.3 Å². The van der Waals surface area contributed by atoms with Crippen LogP contribution in [0, 0.1) is 13.8 Å². The van der Waals surface area contributed by atoms with Crippen molar-refractivity contribution in [1.29, 1.82) is 0 Å². The highest BCUT2D eigenvalue weighted by molar-refractivity contribution is 7.11. The van der Waals surface area contributed by atoms with Gasteiger partial charge in [0.25, 0.3) is 0 Å². The second-order valence-corrected chi connectivity index (χ2v) is 6.33. The smallest absolute Gasteiger partial charge is 0.113 e. The molecular formula is C14H24N2OS. The van der Waals surface area contributed by atoms with E-state index in [-0.39, 0.29) is 5.54 Å². The van der Waals surface area contributed by atoms with Crippen molar-refractivity contribution in [2.45, 2.75) is 58.6 Å². The Bertz CT molecular complexity index is 381. The zero-order valence-electron chi connectivity index (χ0n) is 11.9. The van der Waals surface area contributed by atoms with Crippen molar-refractivity contribution >= 4 is 11.3 Å². The first-order valence-electron chi connectivity index (χ1n) is 6.92. The third-order valence-electron chi connectivity index (χ3n) is 3.87. The summed E-state index contributed by atoms with van der Waals surface area (Å²) in [5.74, 6) is 0. The Hall–Kier alpha value is -0.450. The first kappa shape index (κ1) is 14.0. The molecule has 2 rings (SSSR count). The predicted molar refractivity (Wildman–Crippen MR) is 76.2 cm³/mol. The average Bonchev–Trinajstić information content (AvgIpc) is 2.71. The van der Waals surface area contributed by atoms with E-state index in [0.717, 1.165) is 32.4 Å². The van der Waals surface area contributed by atoms with Crippen molar-refractivity contribution in [3.05, 3.63) is 15.6 Å². The maximum absolute atomic E-state index is 5.82. The Morgan fingerprint density at radius 2 is 2.22 bits per heavy atom. The Morgan fingerprint density at radius 3 is 2.78 bits per heavy atom. The van der Waals surface area contributed by atoms with Crippen LogP contribution in [0.25, 0.3) is 0 Å². The largest absolute Gasteiger partial charge is 0.378 e. The summed E-state index contributed by atoms with van der Waals surface area (Å²) in [6.07, 6.45) is 3.52. The van der Waals surface area contributed by atoms with E-state index in [0.29, 0.717) is 6.10 Å². The van der Waals surface area contributed by atoms with Crippen LogP contribution in [0.15, 0.2) is 0 Å². The minimum Gasteiger partial charge on any atom is -0.378 e. The highest BCUT2D eigenvalue weighted by Gasteiger charge is 2.39. The normalized spacial score (nSPS) is 28.6. The molecule has 0 aromatic carbocycles. The van der Waals surface area contributed by atoms with E-state index >= 15 is 0 Å². The zero-order chi connectivity index (χ0) is 13.2. The van der Waals surface area contributed by atoms with Gasteiger partial charge in [-0.1, -0.05) is 13.8 Å². The van der Waals surface area contributed by atoms with Crippen LogP contribution >= 0.6 is 11.3 Å². The molecule has 0 saturated carbocycles. The van der Waals surface area contributed by atoms with Gasteiger partial charge in [-0.2, -0.15) is 0 Å². The van der Waals surface area contributed by atoms with Crippen LogP contribution in [0.4, 0.5) is 0 Å². The Kier molecular flexibility index (Phi) is 4.41. The number of ether oxygens (including phenoxy) is 1. The minimum atomic E-state index is 0.0391. The molecule has 2 heterocycles. The summed E-state index contributed by atoms with van der Waals surface area (Å²) in [7, 11) is 0. The summed E-state index contributed by atoms with van der Waals surface area (Å²) < 4.78 is 5.82. The topological polar surface area (TPSA) is 34.2 Å². The molecule has 1 N–H and O–H groups in total. The lowest BCUT2D eigenvalue weighted by molar-refractivity contribution is -0.0319. The fourth-order valence-electron chi connectivity index (χ4n) is 2.66. The van der Waals surface area contributed by atoms with Crippen LogP contribution in [-0.2, 0) is 10.3 Å². The van der Waals surface area contributed by atoms with Crippen molar-refractivity contribution < 1.29 is 4.74 Å². The summed E-state index contributed by atoms with van der Waals surface area (Å²) in [5, 5.41) is 4.94. The molecule has 0 radical (unpaired) electrons. The lowest BCUT2D eigenvalue weighted by Crippen LogP contribution is -2.49. The maximum Gasteiger partial charge on any atom is 0.113 e. The molecule has 18 heavy (non-hydrogen) atoms. The SMILES string of the molecule is CCNC1(c2nc(C)c(C)s2)CCOC(CC)C1. The van der Waals surface area contributed by atoms with Crippen molar-refractivity contribution in [3.8, 4) is 0 Å². The molecule has 1 aliphatic heterocycles. The molecular weight excluding hydrogens is 244 g/mol. The highest BCUT2D eigenvalue weighted by atomic mass is 32.1. The number of thiazole rings is 1. The highest BCUT2D eigenvalue weighted by Crippen LogP contribution is 2.38.